The summed E-state index contributed by atoms with van der Waals surface area (Å²) < 4.78 is 30.9. The third-order valence-corrected chi connectivity index (χ3v) is 5.45. The van der Waals surface area contributed by atoms with Gasteiger partial charge in [-0.2, -0.15) is 0 Å². The standard InChI is InChI=1S/C17H27N3O4S/c1-14-4-6-16(7-5-14)20(25(3,22)23)15(2)17(21)18-8-9-19-10-12-24-13-11-19/h4-7,15H,8-13H2,1-3H3,(H,18,21)/t15-/m1/s1. The van der Waals surface area contributed by atoms with Gasteiger partial charge in [-0.3, -0.25) is 14.0 Å². The maximum Gasteiger partial charge on any atom is 0.243 e. The molecule has 1 heterocycles. The zero-order valence-corrected chi connectivity index (χ0v) is 15.9. The average Bonchev–Trinajstić information content (AvgIpc) is 2.56. The molecule has 1 atom stereocenters. The van der Waals surface area contributed by atoms with Gasteiger partial charge in [-0.1, -0.05) is 17.7 Å². The van der Waals surface area contributed by atoms with Crippen LogP contribution >= 0.6 is 0 Å². The van der Waals surface area contributed by atoms with E-state index in [0.29, 0.717) is 25.4 Å². The first-order chi connectivity index (χ1) is 11.8. The highest BCUT2D eigenvalue weighted by atomic mass is 32.2. The summed E-state index contributed by atoms with van der Waals surface area (Å²) >= 11 is 0. The van der Waals surface area contributed by atoms with Gasteiger partial charge in [0.15, 0.2) is 0 Å². The lowest BCUT2D eigenvalue weighted by Gasteiger charge is -2.29. The van der Waals surface area contributed by atoms with Gasteiger partial charge in [0.05, 0.1) is 25.2 Å². The van der Waals surface area contributed by atoms with Crippen LogP contribution in [0, 0.1) is 6.92 Å². The van der Waals surface area contributed by atoms with Crippen LogP contribution in [0.2, 0.25) is 0 Å². The maximum atomic E-state index is 12.5. The molecule has 1 saturated heterocycles. The van der Waals surface area contributed by atoms with Crippen LogP contribution in [-0.4, -0.2) is 70.9 Å². The summed E-state index contributed by atoms with van der Waals surface area (Å²) in [5.41, 5.74) is 1.52. The summed E-state index contributed by atoms with van der Waals surface area (Å²) in [5.74, 6) is -0.306. The fourth-order valence-corrected chi connectivity index (χ4v) is 3.99. The van der Waals surface area contributed by atoms with E-state index < -0.39 is 16.1 Å². The van der Waals surface area contributed by atoms with E-state index in [1.807, 2.05) is 19.1 Å². The van der Waals surface area contributed by atoms with Crippen molar-refractivity contribution < 1.29 is 17.9 Å². The van der Waals surface area contributed by atoms with Gasteiger partial charge in [-0.15, -0.1) is 0 Å². The molecular formula is C17H27N3O4S. The molecule has 1 fully saturated rings. The highest BCUT2D eigenvalue weighted by molar-refractivity contribution is 7.92. The summed E-state index contributed by atoms with van der Waals surface area (Å²) in [6.45, 7) is 7.86. The molecule has 0 aliphatic carbocycles. The van der Waals surface area contributed by atoms with Crippen molar-refractivity contribution in [3.05, 3.63) is 29.8 Å². The molecule has 140 valence electrons. The van der Waals surface area contributed by atoms with E-state index in [-0.39, 0.29) is 5.91 Å². The lowest BCUT2D eigenvalue weighted by Crippen LogP contribution is -2.49. The number of ether oxygens (including phenoxy) is 1. The van der Waals surface area contributed by atoms with Crippen LogP contribution < -0.4 is 9.62 Å². The van der Waals surface area contributed by atoms with Crippen molar-refractivity contribution in [2.45, 2.75) is 19.9 Å². The Morgan fingerprint density at radius 2 is 1.88 bits per heavy atom. The number of hydrogen-bond acceptors (Lipinski definition) is 5. The van der Waals surface area contributed by atoms with Gasteiger partial charge >= 0.3 is 0 Å². The van der Waals surface area contributed by atoms with E-state index in [9.17, 15) is 13.2 Å². The Bertz CT molecular complexity index is 670. The highest BCUT2D eigenvalue weighted by Crippen LogP contribution is 2.21. The second-order valence-electron chi connectivity index (χ2n) is 6.32. The quantitative estimate of drug-likeness (QED) is 0.761. The van der Waals surface area contributed by atoms with Gasteiger partial charge in [0, 0.05) is 26.2 Å². The van der Waals surface area contributed by atoms with E-state index >= 15 is 0 Å². The van der Waals surface area contributed by atoms with Crippen molar-refractivity contribution in [1.82, 2.24) is 10.2 Å². The molecule has 1 aromatic rings. The molecule has 0 bridgehead atoms. The average molecular weight is 369 g/mol. The summed E-state index contributed by atoms with van der Waals surface area (Å²) in [6, 6.07) is 6.27. The molecule has 8 heteroatoms. The first-order valence-electron chi connectivity index (χ1n) is 8.43. The fourth-order valence-electron chi connectivity index (χ4n) is 2.81. The lowest BCUT2D eigenvalue weighted by molar-refractivity contribution is -0.121. The predicted molar refractivity (Wildman–Crippen MR) is 98.2 cm³/mol. The normalized spacial score (nSPS) is 17.1. The Labute approximate surface area is 150 Å². The van der Waals surface area contributed by atoms with Crippen LogP contribution in [0.3, 0.4) is 0 Å². The minimum Gasteiger partial charge on any atom is -0.379 e. The van der Waals surface area contributed by atoms with Crippen LogP contribution in [-0.2, 0) is 19.6 Å². The third kappa shape index (κ3) is 5.69. The molecule has 1 amide bonds. The molecule has 1 N–H and O–H groups in total. The molecule has 0 aromatic heterocycles. The highest BCUT2D eigenvalue weighted by Gasteiger charge is 2.28. The SMILES string of the molecule is Cc1ccc(N([C@H](C)C(=O)NCCN2CCOCC2)S(C)(=O)=O)cc1. The Balaban J connectivity index is 1.99. The van der Waals surface area contributed by atoms with Gasteiger partial charge in [0.1, 0.15) is 6.04 Å². The van der Waals surface area contributed by atoms with Crippen LogP contribution in [0.1, 0.15) is 12.5 Å². The molecule has 0 radical (unpaired) electrons. The van der Waals surface area contributed by atoms with Gasteiger partial charge in [-0.25, -0.2) is 8.42 Å². The topological polar surface area (TPSA) is 79.0 Å². The Kier molecular flexibility index (Phi) is 6.80. The second kappa shape index (κ2) is 8.64. The summed E-state index contributed by atoms with van der Waals surface area (Å²) in [5, 5.41) is 2.84. The first kappa shape index (κ1) is 19.7. The molecular weight excluding hydrogens is 342 g/mol. The second-order valence-corrected chi connectivity index (χ2v) is 8.17. The molecule has 1 aliphatic heterocycles. The minimum atomic E-state index is -3.58. The maximum absolute atomic E-state index is 12.5. The van der Waals surface area contributed by atoms with Crippen LogP contribution in [0.5, 0.6) is 0 Å². The Morgan fingerprint density at radius 1 is 1.28 bits per heavy atom. The zero-order chi connectivity index (χ0) is 18.4. The van der Waals surface area contributed by atoms with Crippen LogP contribution in [0.25, 0.3) is 0 Å². The molecule has 7 nitrogen and oxygen atoms in total. The van der Waals surface area contributed by atoms with Gasteiger partial charge < -0.3 is 10.1 Å². The number of carbonyl (C=O) groups is 1. The summed E-state index contributed by atoms with van der Waals surface area (Å²) in [4.78, 5) is 14.7. The first-order valence-corrected chi connectivity index (χ1v) is 10.3. The van der Waals surface area contributed by atoms with E-state index in [1.165, 1.54) is 0 Å². The Morgan fingerprint density at radius 3 is 2.44 bits per heavy atom. The summed E-state index contributed by atoms with van der Waals surface area (Å²) in [7, 11) is -3.58. The number of amides is 1. The minimum absolute atomic E-state index is 0.306. The summed E-state index contributed by atoms with van der Waals surface area (Å²) in [6.07, 6.45) is 1.12. The third-order valence-electron chi connectivity index (χ3n) is 4.21. The van der Waals surface area contributed by atoms with Gasteiger partial charge in [0.2, 0.25) is 15.9 Å². The Hall–Kier alpha value is -1.64. The molecule has 0 spiro atoms. The lowest BCUT2D eigenvalue weighted by atomic mass is 10.2. The van der Waals surface area contributed by atoms with Crippen molar-refractivity contribution in [2.24, 2.45) is 0 Å². The number of morpholine rings is 1. The smallest absolute Gasteiger partial charge is 0.243 e. The van der Waals surface area contributed by atoms with Crippen molar-refractivity contribution in [1.29, 1.82) is 0 Å². The number of nitrogens with zero attached hydrogens (tertiary/aromatic N) is 2. The molecule has 25 heavy (non-hydrogen) atoms. The van der Waals surface area contributed by atoms with Crippen molar-refractivity contribution in [3.8, 4) is 0 Å². The van der Waals surface area contributed by atoms with Crippen LogP contribution in [0.15, 0.2) is 24.3 Å². The monoisotopic (exact) mass is 369 g/mol. The van der Waals surface area contributed by atoms with Crippen molar-refractivity contribution in [3.63, 3.8) is 0 Å². The zero-order valence-electron chi connectivity index (χ0n) is 15.1. The largest absolute Gasteiger partial charge is 0.379 e. The van der Waals surface area contributed by atoms with Gasteiger partial charge in [-0.05, 0) is 26.0 Å². The van der Waals surface area contributed by atoms with Crippen LogP contribution in [0.4, 0.5) is 5.69 Å². The number of hydrogen-bond donors (Lipinski definition) is 1. The molecule has 1 aliphatic rings. The molecule has 0 unspecified atom stereocenters. The van der Waals surface area contributed by atoms with E-state index in [2.05, 4.69) is 10.2 Å². The number of anilines is 1. The number of rotatable bonds is 7. The number of sulfonamides is 1. The molecule has 2 rings (SSSR count). The number of aryl methyl sites for hydroxylation is 1. The fraction of sp³-hybridized carbons (Fsp3) is 0.588. The number of carbonyl (C=O) groups excluding carboxylic acids is 1. The van der Waals surface area contributed by atoms with E-state index in [1.54, 1.807) is 19.1 Å². The van der Waals surface area contributed by atoms with E-state index in [4.69, 9.17) is 4.74 Å². The van der Waals surface area contributed by atoms with Crippen molar-refractivity contribution >= 4 is 21.6 Å². The number of benzene rings is 1. The molecule has 0 saturated carbocycles. The predicted octanol–water partition coefficient (Wildman–Crippen LogP) is 0.598. The molecule has 1 aromatic carbocycles. The van der Waals surface area contributed by atoms with Gasteiger partial charge in [0.25, 0.3) is 0 Å². The van der Waals surface area contributed by atoms with E-state index in [0.717, 1.165) is 35.8 Å². The van der Waals surface area contributed by atoms with Crippen molar-refractivity contribution in [2.75, 3.05) is 50.0 Å². The number of nitrogens with one attached hydrogen (secondary N) is 1.